The molecule has 3 rings (SSSR count). The first kappa shape index (κ1) is 18.1. The third kappa shape index (κ3) is 3.90. The molecule has 0 aromatic heterocycles. The smallest absolute Gasteiger partial charge is 0.247 e. The van der Waals surface area contributed by atoms with Crippen molar-refractivity contribution in [2.45, 2.75) is 25.8 Å². The molecule has 0 radical (unpaired) electrons. The highest BCUT2D eigenvalue weighted by molar-refractivity contribution is 5.92. The molecule has 0 saturated carbocycles. The Labute approximate surface area is 155 Å². The SMILES string of the molecule is COc1ccc(C2CCCN2C(=O)C=Cc2cc(C)ccc2OC)cc1. The zero-order valence-corrected chi connectivity index (χ0v) is 15.6. The minimum absolute atomic E-state index is 0.0341. The maximum atomic E-state index is 12.8. The maximum Gasteiger partial charge on any atom is 0.247 e. The van der Waals surface area contributed by atoms with Gasteiger partial charge < -0.3 is 14.4 Å². The summed E-state index contributed by atoms with van der Waals surface area (Å²) in [4.78, 5) is 14.7. The monoisotopic (exact) mass is 351 g/mol. The van der Waals surface area contributed by atoms with E-state index >= 15 is 0 Å². The van der Waals surface area contributed by atoms with Crippen LogP contribution in [0.3, 0.4) is 0 Å². The summed E-state index contributed by atoms with van der Waals surface area (Å²) in [5, 5.41) is 0. The topological polar surface area (TPSA) is 38.8 Å². The van der Waals surface area contributed by atoms with Gasteiger partial charge >= 0.3 is 0 Å². The molecule has 1 atom stereocenters. The zero-order chi connectivity index (χ0) is 18.5. The predicted octanol–water partition coefficient (Wildman–Crippen LogP) is 4.39. The molecule has 1 aliphatic rings. The fourth-order valence-corrected chi connectivity index (χ4v) is 3.44. The van der Waals surface area contributed by atoms with Crippen molar-refractivity contribution in [1.29, 1.82) is 0 Å². The standard InChI is InChI=1S/C22H25NO3/c1-16-6-12-21(26-3)18(15-16)9-13-22(24)23-14-4-5-20(23)17-7-10-19(25-2)11-8-17/h6-13,15,20H,4-5,14H2,1-3H3. The van der Waals surface area contributed by atoms with Crippen LogP contribution in [0.25, 0.3) is 6.08 Å². The number of carbonyl (C=O) groups is 1. The van der Waals surface area contributed by atoms with E-state index < -0.39 is 0 Å². The summed E-state index contributed by atoms with van der Waals surface area (Å²) in [5.41, 5.74) is 3.20. The quantitative estimate of drug-likeness (QED) is 0.750. The average Bonchev–Trinajstić information content (AvgIpc) is 3.16. The van der Waals surface area contributed by atoms with E-state index in [0.717, 1.165) is 47.6 Å². The molecule has 0 bridgehead atoms. The molecule has 0 N–H and O–H groups in total. The zero-order valence-electron chi connectivity index (χ0n) is 15.6. The molecule has 1 fully saturated rings. The normalized spacial score (nSPS) is 16.9. The minimum Gasteiger partial charge on any atom is -0.497 e. The summed E-state index contributed by atoms with van der Waals surface area (Å²) in [6, 6.07) is 14.1. The molecule has 26 heavy (non-hydrogen) atoms. The molecule has 1 amide bonds. The Morgan fingerprint density at radius 3 is 2.58 bits per heavy atom. The first-order valence-corrected chi connectivity index (χ1v) is 8.89. The van der Waals surface area contributed by atoms with Gasteiger partial charge in [-0.1, -0.05) is 23.8 Å². The molecule has 0 aliphatic carbocycles. The molecular formula is C22H25NO3. The minimum atomic E-state index is 0.0341. The molecule has 1 aliphatic heterocycles. The lowest BCUT2D eigenvalue weighted by Gasteiger charge is -2.24. The Morgan fingerprint density at radius 2 is 1.88 bits per heavy atom. The van der Waals surface area contributed by atoms with Crippen LogP contribution in [0.2, 0.25) is 0 Å². The van der Waals surface area contributed by atoms with E-state index in [1.165, 1.54) is 0 Å². The number of likely N-dealkylation sites (tertiary alicyclic amines) is 1. The van der Waals surface area contributed by atoms with Crippen LogP contribution in [-0.2, 0) is 4.79 Å². The third-order valence-corrected chi connectivity index (χ3v) is 4.83. The van der Waals surface area contributed by atoms with Gasteiger partial charge in [0.15, 0.2) is 0 Å². The first-order valence-electron chi connectivity index (χ1n) is 8.89. The number of nitrogens with zero attached hydrogens (tertiary/aromatic N) is 1. The number of hydrogen-bond acceptors (Lipinski definition) is 3. The predicted molar refractivity (Wildman–Crippen MR) is 103 cm³/mol. The molecule has 136 valence electrons. The molecule has 0 spiro atoms. The van der Waals surface area contributed by atoms with Crippen LogP contribution in [0.15, 0.2) is 48.5 Å². The van der Waals surface area contributed by atoms with Crippen molar-refractivity contribution in [2.75, 3.05) is 20.8 Å². The van der Waals surface area contributed by atoms with Gasteiger partial charge in [0.25, 0.3) is 0 Å². The molecule has 1 heterocycles. The van der Waals surface area contributed by atoms with Crippen LogP contribution < -0.4 is 9.47 Å². The Hall–Kier alpha value is -2.75. The van der Waals surface area contributed by atoms with E-state index in [0.29, 0.717) is 0 Å². The second kappa shape index (κ2) is 8.09. The number of amides is 1. The van der Waals surface area contributed by atoms with E-state index in [9.17, 15) is 4.79 Å². The summed E-state index contributed by atoms with van der Waals surface area (Å²) in [6.07, 6.45) is 5.50. The van der Waals surface area contributed by atoms with E-state index in [2.05, 4.69) is 0 Å². The number of rotatable bonds is 5. The van der Waals surface area contributed by atoms with Crippen molar-refractivity contribution in [3.05, 3.63) is 65.2 Å². The number of ether oxygens (including phenoxy) is 2. The van der Waals surface area contributed by atoms with Gasteiger partial charge in [0.05, 0.1) is 20.3 Å². The molecule has 1 saturated heterocycles. The number of aryl methyl sites for hydroxylation is 1. The van der Waals surface area contributed by atoms with Crippen molar-refractivity contribution in [1.82, 2.24) is 4.90 Å². The van der Waals surface area contributed by atoms with Crippen molar-refractivity contribution in [3.63, 3.8) is 0 Å². The second-order valence-corrected chi connectivity index (χ2v) is 6.54. The Kier molecular flexibility index (Phi) is 5.61. The van der Waals surface area contributed by atoms with E-state index in [-0.39, 0.29) is 11.9 Å². The Morgan fingerprint density at radius 1 is 1.12 bits per heavy atom. The van der Waals surface area contributed by atoms with Gasteiger partial charge in [0.2, 0.25) is 5.91 Å². The van der Waals surface area contributed by atoms with Gasteiger partial charge in [-0.05, 0) is 55.7 Å². The average molecular weight is 351 g/mol. The summed E-state index contributed by atoms with van der Waals surface area (Å²) >= 11 is 0. The lowest BCUT2D eigenvalue weighted by molar-refractivity contribution is -0.126. The molecule has 2 aromatic rings. The van der Waals surface area contributed by atoms with Crippen LogP contribution in [0.4, 0.5) is 0 Å². The largest absolute Gasteiger partial charge is 0.497 e. The fraction of sp³-hybridized carbons (Fsp3) is 0.318. The highest BCUT2D eigenvalue weighted by Gasteiger charge is 2.28. The molecule has 4 heteroatoms. The fourth-order valence-electron chi connectivity index (χ4n) is 3.44. The van der Waals surface area contributed by atoms with Crippen LogP contribution in [0.5, 0.6) is 11.5 Å². The van der Waals surface area contributed by atoms with E-state index in [1.807, 2.05) is 60.4 Å². The highest BCUT2D eigenvalue weighted by Crippen LogP contribution is 2.33. The van der Waals surface area contributed by atoms with Crippen molar-refractivity contribution >= 4 is 12.0 Å². The van der Waals surface area contributed by atoms with Gasteiger partial charge in [0.1, 0.15) is 11.5 Å². The third-order valence-electron chi connectivity index (χ3n) is 4.83. The number of methoxy groups -OCH3 is 2. The van der Waals surface area contributed by atoms with Gasteiger partial charge in [0, 0.05) is 18.2 Å². The Bertz CT molecular complexity index is 796. The van der Waals surface area contributed by atoms with Crippen molar-refractivity contribution in [2.24, 2.45) is 0 Å². The summed E-state index contributed by atoms with van der Waals surface area (Å²) in [7, 11) is 3.30. The van der Waals surface area contributed by atoms with Gasteiger partial charge in [-0.15, -0.1) is 0 Å². The molecular weight excluding hydrogens is 326 g/mol. The number of benzene rings is 2. The molecule has 1 unspecified atom stereocenters. The van der Waals surface area contributed by atoms with Gasteiger partial charge in [-0.3, -0.25) is 4.79 Å². The van der Waals surface area contributed by atoms with Crippen LogP contribution in [0.1, 0.15) is 35.6 Å². The molecule has 2 aromatic carbocycles. The second-order valence-electron chi connectivity index (χ2n) is 6.54. The summed E-state index contributed by atoms with van der Waals surface area (Å²) < 4.78 is 10.6. The summed E-state index contributed by atoms with van der Waals surface area (Å²) in [6.45, 7) is 2.81. The van der Waals surface area contributed by atoms with E-state index in [1.54, 1.807) is 20.3 Å². The first-order chi connectivity index (χ1) is 12.6. The highest BCUT2D eigenvalue weighted by atomic mass is 16.5. The van der Waals surface area contributed by atoms with Gasteiger partial charge in [-0.25, -0.2) is 0 Å². The van der Waals surface area contributed by atoms with Crippen LogP contribution in [0, 0.1) is 6.92 Å². The van der Waals surface area contributed by atoms with Crippen molar-refractivity contribution < 1.29 is 14.3 Å². The lowest BCUT2D eigenvalue weighted by atomic mass is 10.0. The number of hydrogen-bond donors (Lipinski definition) is 0. The van der Waals surface area contributed by atoms with Gasteiger partial charge in [-0.2, -0.15) is 0 Å². The van der Waals surface area contributed by atoms with E-state index in [4.69, 9.17) is 9.47 Å². The lowest BCUT2D eigenvalue weighted by Crippen LogP contribution is -2.28. The summed E-state index contributed by atoms with van der Waals surface area (Å²) in [5.74, 6) is 1.63. The Balaban J connectivity index is 1.77. The van der Waals surface area contributed by atoms with Crippen molar-refractivity contribution in [3.8, 4) is 11.5 Å². The molecule has 4 nitrogen and oxygen atoms in total. The number of carbonyl (C=O) groups excluding carboxylic acids is 1. The van der Waals surface area contributed by atoms with Crippen LogP contribution >= 0.6 is 0 Å². The van der Waals surface area contributed by atoms with Crippen LogP contribution in [-0.4, -0.2) is 31.6 Å². The maximum absolute atomic E-state index is 12.8.